The van der Waals surface area contributed by atoms with E-state index in [-0.39, 0.29) is 17.7 Å². The fourth-order valence-electron chi connectivity index (χ4n) is 6.10. The van der Waals surface area contributed by atoms with Crippen LogP contribution >= 0.6 is 0 Å². The third-order valence-corrected chi connectivity index (χ3v) is 8.31. The maximum absolute atomic E-state index is 14.3. The van der Waals surface area contributed by atoms with Crippen LogP contribution in [0.15, 0.2) is 72.8 Å². The monoisotopic (exact) mass is 581 g/mol. The van der Waals surface area contributed by atoms with Crippen molar-refractivity contribution in [2.24, 2.45) is 0 Å². The molecule has 0 aliphatic carbocycles. The predicted molar refractivity (Wildman–Crippen MR) is 162 cm³/mol. The fourth-order valence-corrected chi connectivity index (χ4v) is 6.10. The van der Waals surface area contributed by atoms with E-state index in [2.05, 4.69) is 21.0 Å². The molecule has 4 aromatic rings. The van der Waals surface area contributed by atoms with Crippen LogP contribution in [-0.4, -0.2) is 59.5 Å². The molecule has 43 heavy (non-hydrogen) atoms. The third kappa shape index (κ3) is 6.60. The minimum absolute atomic E-state index is 0.00243. The van der Waals surface area contributed by atoms with Crippen LogP contribution in [0.1, 0.15) is 47.2 Å². The summed E-state index contributed by atoms with van der Waals surface area (Å²) in [6.07, 6.45) is 4.41. The van der Waals surface area contributed by atoms with Gasteiger partial charge in [-0.2, -0.15) is 14.0 Å². The minimum atomic E-state index is -2.87. The van der Waals surface area contributed by atoms with Gasteiger partial charge in [0.15, 0.2) is 0 Å². The van der Waals surface area contributed by atoms with Gasteiger partial charge >= 0.3 is 6.61 Å². The second kappa shape index (κ2) is 12.8. The lowest BCUT2D eigenvalue weighted by molar-refractivity contribution is -0.0498. The highest BCUT2D eigenvalue weighted by Crippen LogP contribution is 2.31. The van der Waals surface area contributed by atoms with Crippen molar-refractivity contribution in [3.63, 3.8) is 0 Å². The first-order valence-corrected chi connectivity index (χ1v) is 14.7. The van der Waals surface area contributed by atoms with E-state index < -0.39 is 6.61 Å². The molecular formula is C34H33F2N5O2. The number of carbonyl (C=O) groups excluding carboxylic acids is 1. The van der Waals surface area contributed by atoms with E-state index in [0.717, 1.165) is 61.1 Å². The summed E-state index contributed by atoms with van der Waals surface area (Å²) in [7, 11) is 0. The molecule has 7 nitrogen and oxygen atoms in total. The number of hydrogen-bond acceptors (Lipinski definition) is 6. The first-order valence-electron chi connectivity index (χ1n) is 14.7. The molecule has 6 rings (SSSR count). The van der Waals surface area contributed by atoms with Crippen molar-refractivity contribution in [1.29, 1.82) is 5.26 Å². The number of nitrogens with one attached hydrogen (secondary N) is 1. The maximum atomic E-state index is 14.3. The molecule has 0 unspecified atom stereocenters. The number of aromatic nitrogens is 1. The molecule has 220 valence electrons. The molecule has 2 aliphatic heterocycles. The number of ether oxygens (including phenoxy) is 1. The summed E-state index contributed by atoms with van der Waals surface area (Å²) in [5.74, 6) is 0.662. The SMILES string of the molecule is N#Cc1ccc(-c2ccc3nc(NCc4ccc(OC(F)F)cc4)cc(C(=O)N4CCC[C@H]4CN4CCCC4)c3c2)cc1. The summed E-state index contributed by atoms with van der Waals surface area (Å²) >= 11 is 0. The zero-order chi connectivity index (χ0) is 29.8. The van der Waals surface area contributed by atoms with Gasteiger partial charge in [-0.1, -0.05) is 30.3 Å². The highest BCUT2D eigenvalue weighted by atomic mass is 19.3. The Bertz CT molecular complexity index is 1630. The number of pyridine rings is 1. The van der Waals surface area contributed by atoms with Gasteiger partial charge in [0.2, 0.25) is 0 Å². The molecule has 2 aliphatic rings. The van der Waals surface area contributed by atoms with Crippen LogP contribution in [0.4, 0.5) is 14.6 Å². The van der Waals surface area contributed by atoms with Crippen LogP contribution in [0, 0.1) is 11.3 Å². The van der Waals surface area contributed by atoms with Crippen LogP contribution in [0.2, 0.25) is 0 Å². The lowest BCUT2D eigenvalue weighted by atomic mass is 9.99. The Balaban J connectivity index is 1.32. The zero-order valence-electron chi connectivity index (χ0n) is 23.8. The van der Waals surface area contributed by atoms with E-state index >= 15 is 0 Å². The number of hydrogen-bond donors (Lipinski definition) is 1. The van der Waals surface area contributed by atoms with Crippen LogP contribution in [-0.2, 0) is 6.54 Å². The van der Waals surface area contributed by atoms with Crippen molar-refractivity contribution < 1.29 is 18.3 Å². The second-order valence-corrected chi connectivity index (χ2v) is 11.2. The average molecular weight is 582 g/mol. The number of alkyl halides is 2. The van der Waals surface area contributed by atoms with Crippen molar-refractivity contribution in [2.45, 2.75) is 44.9 Å². The van der Waals surface area contributed by atoms with E-state index in [1.807, 2.05) is 41.3 Å². The van der Waals surface area contributed by atoms with Gasteiger partial charge < -0.3 is 19.9 Å². The van der Waals surface area contributed by atoms with Crippen molar-refractivity contribution in [3.8, 4) is 22.9 Å². The number of fused-ring (bicyclic) bond motifs is 1. The van der Waals surface area contributed by atoms with Gasteiger partial charge in [0.05, 0.1) is 22.7 Å². The highest BCUT2D eigenvalue weighted by molar-refractivity contribution is 6.08. The first kappa shape index (κ1) is 28.6. The molecule has 1 amide bonds. The normalized spacial score (nSPS) is 17.0. The van der Waals surface area contributed by atoms with E-state index in [0.29, 0.717) is 29.0 Å². The van der Waals surface area contributed by atoms with Crippen LogP contribution in [0.5, 0.6) is 5.75 Å². The summed E-state index contributed by atoms with van der Waals surface area (Å²) in [5, 5.41) is 13.3. The van der Waals surface area contributed by atoms with Gasteiger partial charge in [0, 0.05) is 31.1 Å². The Labute approximate surface area is 249 Å². The van der Waals surface area contributed by atoms with Gasteiger partial charge in [0.1, 0.15) is 11.6 Å². The minimum Gasteiger partial charge on any atom is -0.435 e. The molecular weight excluding hydrogens is 548 g/mol. The Morgan fingerprint density at radius 3 is 2.44 bits per heavy atom. The Kier molecular flexibility index (Phi) is 8.47. The number of carbonyl (C=O) groups is 1. The number of benzene rings is 3. The zero-order valence-corrected chi connectivity index (χ0v) is 23.8. The Hall–Kier alpha value is -4.55. The number of rotatable bonds is 9. The Morgan fingerprint density at radius 2 is 1.72 bits per heavy atom. The molecule has 1 N–H and O–H groups in total. The number of nitriles is 1. The lowest BCUT2D eigenvalue weighted by Gasteiger charge is -2.29. The number of likely N-dealkylation sites (tertiary alicyclic amines) is 2. The summed E-state index contributed by atoms with van der Waals surface area (Å²) in [6.45, 7) is 1.34. The molecule has 1 atom stereocenters. The van der Waals surface area contributed by atoms with E-state index in [9.17, 15) is 18.8 Å². The quantitative estimate of drug-likeness (QED) is 0.237. The summed E-state index contributed by atoms with van der Waals surface area (Å²) in [5.41, 5.74) is 4.63. The van der Waals surface area contributed by atoms with Crippen LogP contribution < -0.4 is 10.1 Å². The summed E-state index contributed by atoms with van der Waals surface area (Å²) in [6, 6.07) is 23.9. The van der Waals surface area contributed by atoms with Gasteiger partial charge in [-0.25, -0.2) is 4.98 Å². The van der Waals surface area contributed by atoms with Gasteiger partial charge in [-0.15, -0.1) is 0 Å². The van der Waals surface area contributed by atoms with Crippen molar-refractivity contribution >= 4 is 22.6 Å². The lowest BCUT2D eigenvalue weighted by Crippen LogP contribution is -2.42. The molecule has 0 bridgehead atoms. The van der Waals surface area contributed by atoms with Gasteiger partial charge in [0.25, 0.3) is 5.91 Å². The fraction of sp³-hybridized carbons (Fsp3) is 0.324. The van der Waals surface area contributed by atoms with Crippen molar-refractivity contribution in [1.82, 2.24) is 14.8 Å². The standard InChI is InChI=1S/C34H33F2N5O2/c35-34(36)43-28-12-7-24(8-13-28)21-38-32-19-30(33(42)41-17-3-4-27(41)22-40-15-1-2-16-40)29-18-26(11-14-31(29)39-32)25-9-5-23(20-37)6-10-25/h5-14,18-19,27,34H,1-4,15-17,21-22H2,(H,38,39)/t27-/m0/s1. The molecule has 0 spiro atoms. The van der Waals surface area contributed by atoms with E-state index in [4.69, 9.17) is 4.98 Å². The molecule has 3 heterocycles. The van der Waals surface area contributed by atoms with Crippen LogP contribution in [0.25, 0.3) is 22.0 Å². The number of halogens is 2. The topological polar surface area (TPSA) is 81.5 Å². The summed E-state index contributed by atoms with van der Waals surface area (Å²) in [4.78, 5) is 23.6. The van der Waals surface area contributed by atoms with Gasteiger partial charge in [-0.3, -0.25) is 4.79 Å². The molecule has 0 saturated carbocycles. The second-order valence-electron chi connectivity index (χ2n) is 11.2. The number of nitrogens with zero attached hydrogens (tertiary/aromatic N) is 4. The van der Waals surface area contributed by atoms with Crippen molar-refractivity contribution in [3.05, 3.63) is 89.5 Å². The average Bonchev–Trinajstić information content (AvgIpc) is 3.72. The molecule has 9 heteroatoms. The Morgan fingerprint density at radius 1 is 0.977 bits per heavy atom. The highest BCUT2D eigenvalue weighted by Gasteiger charge is 2.32. The smallest absolute Gasteiger partial charge is 0.387 e. The number of anilines is 1. The molecule has 1 aromatic heterocycles. The molecule has 2 fully saturated rings. The van der Waals surface area contributed by atoms with E-state index in [1.54, 1.807) is 24.3 Å². The third-order valence-electron chi connectivity index (χ3n) is 8.31. The predicted octanol–water partition coefficient (Wildman–Crippen LogP) is 6.69. The molecule has 0 radical (unpaired) electrons. The largest absolute Gasteiger partial charge is 0.435 e. The van der Waals surface area contributed by atoms with E-state index in [1.165, 1.54) is 25.0 Å². The molecule has 2 saturated heterocycles. The van der Waals surface area contributed by atoms with Crippen LogP contribution in [0.3, 0.4) is 0 Å². The first-order chi connectivity index (χ1) is 21.0. The number of amides is 1. The molecule has 3 aromatic carbocycles. The van der Waals surface area contributed by atoms with Gasteiger partial charge in [-0.05, 0) is 97.9 Å². The maximum Gasteiger partial charge on any atom is 0.387 e. The van der Waals surface area contributed by atoms with Crippen molar-refractivity contribution in [2.75, 3.05) is 31.5 Å². The summed E-state index contributed by atoms with van der Waals surface area (Å²) < 4.78 is 29.5.